The minimum absolute atomic E-state index is 0.193. The first-order valence-electron chi connectivity index (χ1n) is 14.0. The van der Waals surface area contributed by atoms with Crippen molar-refractivity contribution in [1.29, 1.82) is 0 Å². The van der Waals surface area contributed by atoms with E-state index in [9.17, 15) is 4.79 Å². The number of ketones is 1. The van der Waals surface area contributed by atoms with Crippen molar-refractivity contribution >= 4 is 17.1 Å². The molecule has 0 aliphatic carbocycles. The minimum atomic E-state index is 0.193. The molecule has 0 aromatic carbocycles. The number of Topliss-reactive ketones (excluding diaryl/α,β-unsaturated/α-hetero) is 1. The van der Waals surface area contributed by atoms with Crippen LogP contribution in [-0.4, -0.2) is 52.4 Å². The lowest BCUT2D eigenvalue weighted by atomic mass is 9.99. The first-order valence-corrected chi connectivity index (χ1v) is 14.0. The summed E-state index contributed by atoms with van der Waals surface area (Å²) in [4.78, 5) is 21.4. The number of carbonyl (C=O) groups is 1. The van der Waals surface area contributed by atoms with Crippen molar-refractivity contribution in [3.63, 3.8) is 0 Å². The number of nitrogens with one attached hydrogen (secondary N) is 1. The zero-order valence-corrected chi connectivity index (χ0v) is 25.1. The minimum Gasteiger partial charge on any atom is -0.496 e. The van der Waals surface area contributed by atoms with Gasteiger partial charge in [0.15, 0.2) is 0 Å². The highest BCUT2D eigenvalue weighted by Crippen LogP contribution is 2.26. The number of rotatable bonds is 7. The zero-order valence-electron chi connectivity index (χ0n) is 25.1. The van der Waals surface area contributed by atoms with E-state index >= 15 is 0 Å². The van der Waals surface area contributed by atoms with Gasteiger partial charge in [-0.1, -0.05) is 27.2 Å². The van der Waals surface area contributed by atoms with Gasteiger partial charge in [-0.05, 0) is 65.5 Å². The number of methoxy groups -OCH3 is 1. The van der Waals surface area contributed by atoms with Gasteiger partial charge in [0.05, 0.1) is 12.8 Å². The molecule has 4 rings (SSSR count). The second kappa shape index (κ2) is 14.9. The molecule has 0 unspecified atom stereocenters. The van der Waals surface area contributed by atoms with Crippen molar-refractivity contribution < 1.29 is 9.53 Å². The van der Waals surface area contributed by atoms with E-state index in [1.165, 1.54) is 28.9 Å². The largest absolute Gasteiger partial charge is 0.496 e. The summed E-state index contributed by atoms with van der Waals surface area (Å²) in [5.74, 6) is 1.21. The number of piperazine rings is 1. The molecule has 1 saturated heterocycles. The summed E-state index contributed by atoms with van der Waals surface area (Å²) < 4.78 is 7.34. The molecule has 0 bridgehead atoms. The van der Waals surface area contributed by atoms with Gasteiger partial charge in [0, 0.05) is 73.2 Å². The van der Waals surface area contributed by atoms with Gasteiger partial charge < -0.3 is 24.1 Å². The van der Waals surface area contributed by atoms with E-state index in [-0.39, 0.29) is 11.3 Å². The first kappa shape index (κ1) is 31.3. The number of pyridine rings is 2. The van der Waals surface area contributed by atoms with Crippen LogP contribution in [-0.2, 0) is 17.6 Å². The molecular weight excluding hydrogens is 474 g/mol. The number of fused-ring (bicyclic) bond motifs is 1. The van der Waals surface area contributed by atoms with Gasteiger partial charge in [-0.15, -0.1) is 0 Å². The van der Waals surface area contributed by atoms with Crippen LogP contribution < -0.4 is 15.0 Å². The molecule has 7 nitrogen and oxygen atoms in total. The molecule has 3 aromatic heterocycles. The average Bonchev–Trinajstić information content (AvgIpc) is 3.23. The van der Waals surface area contributed by atoms with Crippen LogP contribution in [0.4, 0.5) is 5.69 Å². The molecule has 0 amide bonds. The zero-order chi connectivity index (χ0) is 28.3. The van der Waals surface area contributed by atoms with E-state index in [2.05, 4.69) is 67.1 Å². The van der Waals surface area contributed by atoms with Crippen LogP contribution in [0.2, 0.25) is 0 Å². The van der Waals surface area contributed by atoms with Crippen LogP contribution in [0.5, 0.6) is 5.75 Å². The predicted molar refractivity (Wildman–Crippen MR) is 159 cm³/mol. The Labute approximate surface area is 230 Å². The highest BCUT2D eigenvalue weighted by Gasteiger charge is 2.27. The summed E-state index contributed by atoms with van der Waals surface area (Å²) >= 11 is 0. The van der Waals surface area contributed by atoms with Crippen molar-refractivity contribution in [3.05, 3.63) is 53.2 Å². The van der Waals surface area contributed by atoms with Crippen LogP contribution in [0.1, 0.15) is 83.3 Å². The number of carbonyl (C=O) groups excluding carboxylic acids is 1. The van der Waals surface area contributed by atoms with Crippen LogP contribution in [0, 0.1) is 13.8 Å². The standard InChI is InChI=1S/C15H25N3.C11H14N2O.C5H10O/c1-5-6-13-12(2)16-8-7-14(13)18-10-9-17-15(3,4)11-18;1-4-9-7-13-6-8(2)12-11(13)5-10(9)14-3;1-3-4-5(2)6/h7-8,17H,5-6,9-11H2,1-4H3;5-7H,4H2,1-3H3;3-4H2,1-2H3. The van der Waals surface area contributed by atoms with Crippen LogP contribution >= 0.6 is 0 Å². The number of ether oxygens (including phenoxy) is 1. The lowest BCUT2D eigenvalue weighted by molar-refractivity contribution is -0.117. The topological polar surface area (TPSA) is 71.8 Å². The quantitative estimate of drug-likeness (QED) is 0.402. The van der Waals surface area contributed by atoms with Crippen LogP contribution in [0.15, 0.2) is 30.7 Å². The predicted octanol–water partition coefficient (Wildman–Crippen LogP) is 6.12. The fraction of sp³-hybridized carbons (Fsp3) is 0.581. The molecule has 210 valence electrons. The van der Waals surface area contributed by atoms with Crippen molar-refractivity contribution in [3.8, 4) is 5.75 Å². The molecule has 0 spiro atoms. The van der Waals surface area contributed by atoms with Crippen molar-refractivity contribution in [2.45, 2.75) is 93.0 Å². The fourth-order valence-electron chi connectivity index (χ4n) is 4.78. The number of aromatic nitrogens is 3. The monoisotopic (exact) mass is 523 g/mol. The molecular formula is C31H49N5O2. The number of anilines is 1. The maximum Gasteiger partial charge on any atom is 0.140 e. The summed E-state index contributed by atoms with van der Waals surface area (Å²) in [7, 11) is 1.70. The Bertz CT molecular complexity index is 1130. The highest BCUT2D eigenvalue weighted by molar-refractivity contribution is 5.75. The molecule has 38 heavy (non-hydrogen) atoms. The second-order valence-corrected chi connectivity index (χ2v) is 10.7. The molecule has 1 fully saturated rings. The van der Waals surface area contributed by atoms with Gasteiger partial charge in [0.25, 0.3) is 0 Å². The van der Waals surface area contributed by atoms with Gasteiger partial charge in [-0.25, -0.2) is 4.98 Å². The van der Waals surface area contributed by atoms with Gasteiger partial charge in [-0.2, -0.15) is 0 Å². The van der Waals surface area contributed by atoms with Crippen molar-refractivity contribution in [2.75, 3.05) is 31.6 Å². The number of hydrogen-bond donors (Lipinski definition) is 1. The van der Waals surface area contributed by atoms with Gasteiger partial charge in [0.2, 0.25) is 0 Å². The van der Waals surface area contributed by atoms with Gasteiger partial charge in [0.1, 0.15) is 17.2 Å². The molecule has 3 aromatic rings. The van der Waals surface area contributed by atoms with Crippen LogP contribution in [0.3, 0.4) is 0 Å². The van der Waals surface area contributed by atoms with Gasteiger partial charge >= 0.3 is 0 Å². The normalized spacial score (nSPS) is 14.3. The van der Waals surface area contributed by atoms with E-state index in [0.717, 1.165) is 62.4 Å². The third-order valence-corrected chi connectivity index (χ3v) is 6.61. The smallest absolute Gasteiger partial charge is 0.140 e. The molecule has 0 atom stereocenters. The average molecular weight is 524 g/mol. The number of imidazole rings is 1. The van der Waals surface area contributed by atoms with Gasteiger partial charge in [-0.3, -0.25) is 4.98 Å². The molecule has 1 N–H and O–H groups in total. The van der Waals surface area contributed by atoms with E-state index in [0.29, 0.717) is 0 Å². The lowest BCUT2D eigenvalue weighted by Gasteiger charge is -2.41. The van der Waals surface area contributed by atoms with Crippen LogP contribution in [0.25, 0.3) is 5.65 Å². The Balaban J connectivity index is 0.000000225. The molecule has 4 heterocycles. The van der Waals surface area contributed by atoms with Crippen molar-refractivity contribution in [2.24, 2.45) is 0 Å². The molecule has 0 saturated carbocycles. The van der Waals surface area contributed by atoms with E-state index in [1.807, 2.05) is 36.7 Å². The maximum atomic E-state index is 10.0. The first-order chi connectivity index (χ1) is 18.0. The highest BCUT2D eigenvalue weighted by atomic mass is 16.5. The van der Waals surface area contributed by atoms with E-state index < -0.39 is 0 Å². The van der Waals surface area contributed by atoms with E-state index in [4.69, 9.17) is 4.74 Å². The Morgan fingerprint density at radius 2 is 1.89 bits per heavy atom. The summed E-state index contributed by atoms with van der Waals surface area (Å²) in [6, 6.07) is 4.16. The summed E-state index contributed by atoms with van der Waals surface area (Å²) in [6.45, 7) is 19.8. The number of hydrogen-bond acceptors (Lipinski definition) is 6. The summed E-state index contributed by atoms with van der Waals surface area (Å²) in [5.41, 5.74) is 7.37. The summed E-state index contributed by atoms with van der Waals surface area (Å²) in [6.07, 6.45) is 11.0. The molecule has 7 heteroatoms. The Morgan fingerprint density at radius 3 is 2.45 bits per heavy atom. The number of aryl methyl sites for hydroxylation is 3. The molecule has 1 aliphatic rings. The maximum absolute atomic E-state index is 10.0. The van der Waals surface area contributed by atoms with E-state index in [1.54, 1.807) is 14.0 Å². The Kier molecular flexibility index (Phi) is 12.2. The lowest BCUT2D eigenvalue weighted by Crippen LogP contribution is -2.57. The third-order valence-electron chi connectivity index (χ3n) is 6.61. The fourth-order valence-corrected chi connectivity index (χ4v) is 4.78. The molecule has 0 radical (unpaired) electrons. The Hall–Kier alpha value is -2.93. The second-order valence-electron chi connectivity index (χ2n) is 10.7. The van der Waals surface area contributed by atoms with Crippen molar-refractivity contribution in [1.82, 2.24) is 19.7 Å². The SMILES string of the molecule is CCCC(C)=O.CCCc1c(N2CCNC(C)(C)C2)ccnc1C.CCc1cn2cc(C)nc2cc1OC. The third kappa shape index (κ3) is 9.12. The summed E-state index contributed by atoms with van der Waals surface area (Å²) in [5, 5.41) is 3.57. The Morgan fingerprint density at radius 1 is 1.16 bits per heavy atom. The molecule has 1 aliphatic heterocycles. The number of nitrogens with zero attached hydrogens (tertiary/aromatic N) is 4.